The third-order valence-electron chi connectivity index (χ3n) is 3.04. The van der Waals surface area contributed by atoms with Crippen LogP contribution >= 0.6 is 11.6 Å². The van der Waals surface area contributed by atoms with E-state index in [2.05, 4.69) is 0 Å². The molecule has 0 saturated carbocycles. The lowest BCUT2D eigenvalue weighted by Crippen LogP contribution is -2.23. The average molecular weight is 263 g/mol. The van der Waals surface area contributed by atoms with Crippen LogP contribution in [0.25, 0.3) is 0 Å². The van der Waals surface area contributed by atoms with Crippen LogP contribution in [0.15, 0.2) is 48.5 Å². The maximum Gasteiger partial charge on any atom is 0.125 e. The van der Waals surface area contributed by atoms with Crippen LogP contribution in [-0.4, -0.2) is 12.2 Å². The molecule has 0 heterocycles. The van der Waals surface area contributed by atoms with Gasteiger partial charge in [-0.25, -0.2) is 0 Å². The molecule has 3 heteroatoms. The van der Waals surface area contributed by atoms with E-state index >= 15 is 0 Å². The Morgan fingerprint density at radius 3 is 2.28 bits per heavy atom. The predicted molar refractivity (Wildman–Crippen MR) is 73.1 cm³/mol. The zero-order valence-electron chi connectivity index (χ0n) is 10.4. The number of hydrogen-bond donors (Lipinski definition) is 1. The lowest BCUT2D eigenvalue weighted by molar-refractivity contribution is 0.0989. The molecule has 0 fully saturated rings. The lowest BCUT2D eigenvalue weighted by atomic mass is 9.87. The lowest BCUT2D eigenvalue weighted by Gasteiger charge is -2.26. The monoisotopic (exact) mass is 262 g/mol. The molecule has 0 radical (unpaired) electrons. The minimum Gasteiger partial charge on any atom is -0.496 e. The van der Waals surface area contributed by atoms with E-state index < -0.39 is 5.60 Å². The maximum atomic E-state index is 10.7. The van der Waals surface area contributed by atoms with Gasteiger partial charge in [-0.3, -0.25) is 0 Å². The molecule has 1 atom stereocenters. The largest absolute Gasteiger partial charge is 0.496 e. The van der Waals surface area contributed by atoms with Gasteiger partial charge in [-0.15, -0.1) is 0 Å². The summed E-state index contributed by atoms with van der Waals surface area (Å²) in [6.45, 7) is 1.74. The van der Waals surface area contributed by atoms with Gasteiger partial charge in [0.25, 0.3) is 0 Å². The number of halogens is 1. The van der Waals surface area contributed by atoms with Gasteiger partial charge in [0, 0.05) is 10.6 Å². The van der Waals surface area contributed by atoms with Gasteiger partial charge in [-0.2, -0.15) is 0 Å². The minimum absolute atomic E-state index is 0.648. The molecule has 2 nitrogen and oxygen atoms in total. The van der Waals surface area contributed by atoms with Crippen LogP contribution in [0.5, 0.6) is 5.75 Å². The fourth-order valence-corrected chi connectivity index (χ4v) is 2.10. The van der Waals surface area contributed by atoms with Gasteiger partial charge in [-0.05, 0) is 30.7 Å². The van der Waals surface area contributed by atoms with E-state index in [0.717, 1.165) is 11.1 Å². The average Bonchev–Trinajstić information content (AvgIpc) is 2.39. The highest BCUT2D eigenvalue weighted by Gasteiger charge is 2.28. The Morgan fingerprint density at radius 1 is 1.06 bits per heavy atom. The van der Waals surface area contributed by atoms with Crippen molar-refractivity contribution in [3.05, 3.63) is 64.7 Å². The van der Waals surface area contributed by atoms with Crippen LogP contribution in [0.3, 0.4) is 0 Å². The number of benzene rings is 2. The van der Waals surface area contributed by atoms with Gasteiger partial charge in [0.2, 0.25) is 0 Å². The molecule has 2 aromatic rings. The van der Waals surface area contributed by atoms with Crippen molar-refractivity contribution in [2.45, 2.75) is 12.5 Å². The summed E-state index contributed by atoms with van der Waals surface area (Å²) in [5.41, 5.74) is 0.392. The van der Waals surface area contributed by atoms with Gasteiger partial charge in [0.1, 0.15) is 11.4 Å². The molecule has 2 aromatic carbocycles. The van der Waals surface area contributed by atoms with E-state index in [1.54, 1.807) is 26.2 Å². The van der Waals surface area contributed by atoms with Crippen molar-refractivity contribution >= 4 is 11.6 Å². The summed E-state index contributed by atoms with van der Waals surface area (Å²) in [7, 11) is 1.59. The van der Waals surface area contributed by atoms with Gasteiger partial charge >= 0.3 is 0 Å². The Kier molecular flexibility index (Phi) is 3.60. The summed E-state index contributed by atoms with van der Waals surface area (Å²) in [6, 6.07) is 14.6. The zero-order valence-corrected chi connectivity index (χ0v) is 11.1. The Hall–Kier alpha value is -1.51. The third-order valence-corrected chi connectivity index (χ3v) is 3.29. The number of ether oxygens (including phenoxy) is 1. The first-order valence-corrected chi connectivity index (χ1v) is 6.05. The molecule has 0 aromatic heterocycles. The Bertz CT molecular complexity index is 532. The Labute approximate surface area is 112 Å². The second-order valence-corrected chi connectivity index (χ2v) is 4.72. The summed E-state index contributed by atoms with van der Waals surface area (Å²) in [4.78, 5) is 0. The van der Waals surface area contributed by atoms with Crippen LogP contribution in [0.2, 0.25) is 5.02 Å². The quantitative estimate of drug-likeness (QED) is 0.916. The molecule has 94 valence electrons. The first-order chi connectivity index (χ1) is 8.55. The second kappa shape index (κ2) is 5.01. The molecule has 1 N–H and O–H groups in total. The van der Waals surface area contributed by atoms with Crippen molar-refractivity contribution in [3.63, 3.8) is 0 Å². The molecule has 0 saturated heterocycles. The molecule has 0 aliphatic rings. The summed E-state index contributed by atoms with van der Waals surface area (Å²) in [5, 5.41) is 11.4. The highest BCUT2D eigenvalue weighted by atomic mass is 35.5. The molecule has 2 rings (SSSR count). The summed E-state index contributed by atoms with van der Waals surface area (Å²) in [5.74, 6) is 0.664. The SMILES string of the molecule is COc1ccccc1C(C)(O)c1ccc(Cl)cc1. The van der Waals surface area contributed by atoms with E-state index in [0.29, 0.717) is 10.8 Å². The van der Waals surface area contributed by atoms with E-state index in [1.807, 2.05) is 36.4 Å². The van der Waals surface area contributed by atoms with Crippen molar-refractivity contribution in [3.8, 4) is 5.75 Å². The number of rotatable bonds is 3. The molecule has 1 unspecified atom stereocenters. The smallest absolute Gasteiger partial charge is 0.125 e. The highest BCUT2D eigenvalue weighted by molar-refractivity contribution is 6.30. The first-order valence-electron chi connectivity index (χ1n) is 5.67. The molecule has 0 bridgehead atoms. The standard InChI is InChI=1S/C15H15ClO2/c1-15(17,11-7-9-12(16)10-8-11)13-5-3-4-6-14(13)18-2/h3-10,17H,1-2H3. The van der Waals surface area contributed by atoms with Crippen LogP contribution in [-0.2, 0) is 5.60 Å². The predicted octanol–water partition coefficient (Wildman–Crippen LogP) is 3.60. The fourth-order valence-electron chi connectivity index (χ4n) is 1.98. The van der Waals surface area contributed by atoms with Gasteiger partial charge < -0.3 is 9.84 Å². The van der Waals surface area contributed by atoms with Gasteiger partial charge in [-0.1, -0.05) is 41.9 Å². The summed E-state index contributed by atoms with van der Waals surface area (Å²) >= 11 is 5.86. The van der Waals surface area contributed by atoms with E-state index in [1.165, 1.54) is 0 Å². The molecular formula is C15H15ClO2. The highest BCUT2D eigenvalue weighted by Crippen LogP contribution is 2.35. The minimum atomic E-state index is -1.11. The van der Waals surface area contributed by atoms with Crippen LogP contribution in [0.4, 0.5) is 0 Å². The Morgan fingerprint density at radius 2 is 1.67 bits per heavy atom. The number of methoxy groups -OCH3 is 1. The fraction of sp³-hybridized carbons (Fsp3) is 0.200. The topological polar surface area (TPSA) is 29.5 Å². The van der Waals surface area contributed by atoms with Gasteiger partial charge in [0.15, 0.2) is 0 Å². The van der Waals surface area contributed by atoms with Crippen molar-refractivity contribution < 1.29 is 9.84 Å². The second-order valence-electron chi connectivity index (χ2n) is 4.28. The molecule has 0 spiro atoms. The van der Waals surface area contributed by atoms with Crippen LogP contribution in [0, 0.1) is 0 Å². The van der Waals surface area contributed by atoms with Crippen molar-refractivity contribution in [1.29, 1.82) is 0 Å². The molecule has 0 aliphatic carbocycles. The zero-order chi connectivity index (χ0) is 13.2. The van der Waals surface area contributed by atoms with E-state index in [9.17, 15) is 5.11 Å². The van der Waals surface area contributed by atoms with Crippen LogP contribution in [0.1, 0.15) is 18.1 Å². The molecule has 0 amide bonds. The molecule has 18 heavy (non-hydrogen) atoms. The van der Waals surface area contributed by atoms with Crippen molar-refractivity contribution in [2.75, 3.05) is 7.11 Å². The Balaban J connectivity index is 2.50. The van der Waals surface area contributed by atoms with Crippen molar-refractivity contribution in [2.24, 2.45) is 0 Å². The number of para-hydroxylation sites is 1. The van der Waals surface area contributed by atoms with E-state index in [-0.39, 0.29) is 0 Å². The molecule has 0 aliphatic heterocycles. The summed E-state index contributed by atoms with van der Waals surface area (Å²) < 4.78 is 5.29. The first kappa shape index (κ1) is 12.9. The number of aliphatic hydroxyl groups is 1. The summed E-state index contributed by atoms with van der Waals surface area (Å²) in [6.07, 6.45) is 0. The van der Waals surface area contributed by atoms with Gasteiger partial charge in [0.05, 0.1) is 7.11 Å². The normalized spacial score (nSPS) is 14.0. The number of hydrogen-bond acceptors (Lipinski definition) is 2. The van der Waals surface area contributed by atoms with Crippen LogP contribution < -0.4 is 4.74 Å². The maximum absolute atomic E-state index is 10.7. The van der Waals surface area contributed by atoms with E-state index in [4.69, 9.17) is 16.3 Å². The van der Waals surface area contributed by atoms with Crippen molar-refractivity contribution in [1.82, 2.24) is 0 Å². The molecular weight excluding hydrogens is 248 g/mol. The third kappa shape index (κ3) is 2.35.